The summed E-state index contributed by atoms with van der Waals surface area (Å²) in [6, 6.07) is 0. The first-order valence-electron chi connectivity index (χ1n) is 4.67. The summed E-state index contributed by atoms with van der Waals surface area (Å²) in [5, 5.41) is 9.67. The standard InChI is InChI=1S/C9H17NO/c1-2-5-10-6-8(11)9(7-10)3-4-9/h8,11H,2-7H2,1H3. The predicted octanol–water partition coefficient (Wildman–Crippen LogP) is 0.853. The van der Waals surface area contributed by atoms with E-state index in [2.05, 4.69) is 11.8 Å². The smallest absolute Gasteiger partial charge is 0.0735 e. The zero-order chi connectivity index (χ0) is 7.90. The Morgan fingerprint density at radius 2 is 2.27 bits per heavy atom. The molecule has 1 spiro atoms. The third kappa shape index (κ3) is 1.18. The molecule has 1 heterocycles. The molecule has 1 saturated heterocycles. The highest BCUT2D eigenvalue weighted by molar-refractivity contribution is 5.06. The molecule has 0 bridgehead atoms. The van der Waals surface area contributed by atoms with E-state index in [4.69, 9.17) is 0 Å². The number of likely N-dealkylation sites (tertiary alicyclic amines) is 1. The van der Waals surface area contributed by atoms with E-state index in [1.54, 1.807) is 0 Å². The number of aliphatic hydroxyl groups is 1. The van der Waals surface area contributed by atoms with Gasteiger partial charge in [0.1, 0.15) is 0 Å². The van der Waals surface area contributed by atoms with Gasteiger partial charge >= 0.3 is 0 Å². The number of β-amino-alcohol motifs (C(OH)–C–C–N with tert-alkyl or cyclic N) is 1. The van der Waals surface area contributed by atoms with E-state index in [9.17, 15) is 5.11 Å². The lowest BCUT2D eigenvalue weighted by atomic mass is 10.0. The summed E-state index contributed by atoms with van der Waals surface area (Å²) in [7, 11) is 0. The summed E-state index contributed by atoms with van der Waals surface area (Å²) >= 11 is 0. The van der Waals surface area contributed by atoms with Crippen molar-refractivity contribution in [3.63, 3.8) is 0 Å². The Morgan fingerprint density at radius 3 is 2.73 bits per heavy atom. The van der Waals surface area contributed by atoms with Crippen molar-refractivity contribution >= 4 is 0 Å². The molecule has 1 aliphatic heterocycles. The molecule has 2 heteroatoms. The molecule has 2 nitrogen and oxygen atoms in total. The van der Waals surface area contributed by atoms with Gasteiger partial charge < -0.3 is 10.0 Å². The monoisotopic (exact) mass is 155 g/mol. The molecule has 64 valence electrons. The molecule has 2 fully saturated rings. The van der Waals surface area contributed by atoms with Gasteiger partial charge in [-0.15, -0.1) is 0 Å². The maximum atomic E-state index is 9.67. The lowest BCUT2D eigenvalue weighted by molar-refractivity contribution is 0.131. The SMILES string of the molecule is CCCN1CC(O)C2(CC2)C1. The number of hydrogen-bond donors (Lipinski definition) is 1. The molecule has 0 aromatic rings. The second kappa shape index (κ2) is 2.46. The molecule has 1 unspecified atom stereocenters. The maximum absolute atomic E-state index is 9.67. The van der Waals surface area contributed by atoms with E-state index in [1.807, 2.05) is 0 Å². The average Bonchev–Trinajstić information content (AvgIpc) is 2.63. The minimum Gasteiger partial charge on any atom is -0.391 e. The Kier molecular flexibility index (Phi) is 1.69. The summed E-state index contributed by atoms with van der Waals surface area (Å²) in [4.78, 5) is 2.40. The second-order valence-electron chi connectivity index (χ2n) is 4.11. The van der Waals surface area contributed by atoms with E-state index in [-0.39, 0.29) is 6.10 Å². The van der Waals surface area contributed by atoms with Crippen LogP contribution < -0.4 is 0 Å². The molecule has 0 amide bonds. The number of hydrogen-bond acceptors (Lipinski definition) is 2. The molecule has 2 aliphatic rings. The van der Waals surface area contributed by atoms with Crippen LogP contribution in [-0.2, 0) is 0 Å². The summed E-state index contributed by atoms with van der Waals surface area (Å²) in [5.74, 6) is 0. The fourth-order valence-corrected chi connectivity index (χ4v) is 2.19. The highest BCUT2D eigenvalue weighted by Crippen LogP contribution is 2.52. The van der Waals surface area contributed by atoms with E-state index in [1.165, 1.54) is 25.8 Å². The van der Waals surface area contributed by atoms with Gasteiger partial charge in [0.05, 0.1) is 6.10 Å². The Hall–Kier alpha value is -0.0800. The van der Waals surface area contributed by atoms with Crippen molar-refractivity contribution in [1.82, 2.24) is 4.90 Å². The zero-order valence-corrected chi connectivity index (χ0v) is 7.21. The highest BCUT2D eigenvalue weighted by atomic mass is 16.3. The molecule has 11 heavy (non-hydrogen) atoms. The fourth-order valence-electron chi connectivity index (χ4n) is 2.19. The Labute approximate surface area is 68.2 Å². The molecule has 0 radical (unpaired) electrons. The normalized spacial score (nSPS) is 34.9. The topological polar surface area (TPSA) is 23.5 Å². The van der Waals surface area contributed by atoms with Crippen LogP contribution in [0, 0.1) is 5.41 Å². The second-order valence-corrected chi connectivity index (χ2v) is 4.11. The first-order chi connectivity index (χ1) is 5.27. The summed E-state index contributed by atoms with van der Waals surface area (Å²) in [6.45, 7) is 5.44. The first kappa shape index (κ1) is 7.56. The molecule has 2 rings (SSSR count). The lowest BCUT2D eigenvalue weighted by Gasteiger charge is -2.12. The van der Waals surface area contributed by atoms with Crippen LogP contribution >= 0.6 is 0 Å². The van der Waals surface area contributed by atoms with Gasteiger partial charge in [-0.25, -0.2) is 0 Å². The summed E-state index contributed by atoms with van der Waals surface area (Å²) < 4.78 is 0. The molecule has 1 N–H and O–H groups in total. The third-order valence-corrected chi connectivity index (χ3v) is 3.11. The Balaban J connectivity index is 1.91. The molecule has 0 aromatic carbocycles. The van der Waals surface area contributed by atoms with Gasteiger partial charge in [-0.1, -0.05) is 6.92 Å². The summed E-state index contributed by atoms with van der Waals surface area (Å²) in [5.41, 5.74) is 0.356. The summed E-state index contributed by atoms with van der Waals surface area (Å²) in [6.07, 6.45) is 3.71. The molecule has 0 aromatic heterocycles. The van der Waals surface area contributed by atoms with E-state index in [0.29, 0.717) is 5.41 Å². The van der Waals surface area contributed by atoms with Gasteiger partial charge in [0.2, 0.25) is 0 Å². The van der Waals surface area contributed by atoms with Gasteiger partial charge in [0, 0.05) is 18.5 Å². The Bertz CT molecular complexity index is 154. The minimum atomic E-state index is -0.0194. The van der Waals surface area contributed by atoms with Gasteiger partial charge in [-0.05, 0) is 25.8 Å². The van der Waals surface area contributed by atoms with E-state index >= 15 is 0 Å². The van der Waals surface area contributed by atoms with Crippen molar-refractivity contribution in [3.8, 4) is 0 Å². The van der Waals surface area contributed by atoms with Crippen molar-refractivity contribution in [2.45, 2.75) is 32.3 Å². The molecule has 1 saturated carbocycles. The zero-order valence-electron chi connectivity index (χ0n) is 7.21. The lowest BCUT2D eigenvalue weighted by Crippen LogP contribution is -2.22. The third-order valence-electron chi connectivity index (χ3n) is 3.11. The van der Waals surface area contributed by atoms with Crippen LogP contribution in [0.25, 0.3) is 0 Å². The number of nitrogens with zero attached hydrogens (tertiary/aromatic N) is 1. The van der Waals surface area contributed by atoms with E-state index < -0.39 is 0 Å². The van der Waals surface area contributed by atoms with Crippen LogP contribution in [0.5, 0.6) is 0 Å². The molecule has 1 aliphatic carbocycles. The molecule has 1 atom stereocenters. The quantitative estimate of drug-likeness (QED) is 0.639. The first-order valence-corrected chi connectivity index (χ1v) is 4.67. The van der Waals surface area contributed by atoms with Crippen LogP contribution in [0.15, 0.2) is 0 Å². The fraction of sp³-hybridized carbons (Fsp3) is 1.00. The highest BCUT2D eigenvalue weighted by Gasteiger charge is 2.54. The largest absolute Gasteiger partial charge is 0.391 e. The van der Waals surface area contributed by atoms with Crippen molar-refractivity contribution in [1.29, 1.82) is 0 Å². The van der Waals surface area contributed by atoms with Crippen LogP contribution in [0.2, 0.25) is 0 Å². The number of aliphatic hydroxyl groups excluding tert-OH is 1. The maximum Gasteiger partial charge on any atom is 0.0735 e. The predicted molar refractivity (Wildman–Crippen MR) is 44.4 cm³/mol. The van der Waals surface area contributed by atoms with Crippen LogP contribution in [-0.4, -0.2) is 35.7 Å². The van der Waals surface area contributed by atoms with Crippen LogP contribution in [0.4, 0.5) is 0 Å². The van der Waals surface area contributed by atoms with Gasteiger partial charge in [-0.3, -0.25) is 0 Å². The average molecular weight is 155 g/mol. The molecular formula is C9H17NO. The van der Waals surface area contributed by atoms with Gasteiger partial charge in [-0.2, -0.15) is 0 Å². The van der Waals surface area contributed by atoms with Crippen molar-refractivity contribution in [2.75, 3.05) is 19.6 Å². The minimum absolute atomic E-state index is 0.0194. The van der Waals surface area contributed by atoms with Crippen molar-refractivity contribution in [2.24, 2.45) is 5.41 Å². The number of rotatable bonds is 2. The van der Waals surface area contributed by atoms with Gasteiger partial charge in [0.15, 0.2) is 0 Å². The van der Waals surface area contributed by atoms with E-state index in [0.717, 1.165) is 13.1 Å². The van der Waals surface area contributed by atoms with Gasteiger partial charge in [0.25, 0.3) is 0 Å². The molecular weight excluding hydrogens is 138 g/mol. The Morgan fingerprint density at radius 1 is 1.55 bits per heavy atom. The van der Waals surface area contributed by atoms with Crippen molar-refractivity contribution in [3.05, 3.63) is 0 Å². The van der Waals surface area contributed by atoms with Crippen molar-refractivity contribution < 1.29 is 5.11 Å². The van der Waals surface area contributed by atoms with Crippen LogP contribution in [0.3, 0.4) is 0 Å². The van der Waals surface area contributed by atoms with Crippen LogP contribution in [0.1, 0.15) is 26.2 Å².